The molecule has 4 nitrogen and oxygen atoms in total. The van der Waals surface area contributed by atoms with E-state index >= 15 is 0 Å². The Morgan fingerprint density at radius 2 is 1.17 bits per heavy atom. The number of hydrogen-bond donors (Lipinski definition) is 2. The molecule has 0 saturated carbocycles. The largest absolute Gasteiger partial charge is 0.299 e. The lowest BCUT2D eigenvalue weighted by Gasteiger charge is -2.19. The first-order valence-corrected chi connectivity index (χ1v) is 13.6. The molecule has 0 fully saturated rings. The van der Waals surface area contributed by atoms with Gasteiger partial charge < -0.3 is 0 Å². The number of hydrogen-bond acceptors (Lipinski definition) is 4. The molecule has 0 aliphatic heterocycles. The standard InChI is InChI=1S/C37H26N4/c38-34-24-28(17-18-35(34)41-40-29-12-8-11-27(23-29)25-19-21-39-22-20-25)37-32-15-6-4-13-30(32)36(26-9-2-1-3-10-26)31-14-5-7-16-33(31)37/h1-24,38,40H/b38-34?,41-35-. The Hall–Kier alpha value is -5.61. The van der Waals surface area contributed by atoms with E-state index in [4.69, 9.17) is 5.41 Å². The van der Waals surface area contributed by atoms with Crippen molar-refractivity contribution in [1.82, 2.24) is 4.98 Å². The van der Waals surface area contributed by atoms with Gasteiger partial charge in [-0.2, -0.15) is 5.10 Å². The van der Waals surface area contributed by atoms with Gasteiger partial charge in [0.2, 0.25) is 0 Å². The lowest BCUT2D eigenvalue weighted by molar-refractivity contribution is 1.32. The number of hydrazone groups is 1. The van der Waals surface area contributed by atoms with Crippen molar-refractivity contribution >= 4 is 44.2 Å². The highest BCUT2D eigenvalue weighted by Gasteiger charge is 2.19. The molecule has 6 aromatic rings. The Bertz CT molecular complexity index is 1960. The average Bonchev–Trinajstić information content (AvgIpc) is 3.04. The summed E-state index contributed by atoms with van der Waals surface area (Å²) in [5.41, 5.74) is 11.7. The number of nitrogens with one attached hydrogen (secondary N) is 2. The maximum Gasteiger partial charge on any atom is 0.108 e. The van der Waals surface area contributed by atoms with Crippen molar-refractivity contribution in [3.05, 3.63) is 151 Å². The molecule has 1 aliphatic carbocycles. The van der Waals surface area contributed by atoms with E-state index in [0.29, 0.717) is 11.4 Å². The van der Waals surface area contributed by atoms with Crippen LogP contribution < -0.4 is 5.43 Å². The number of pyridine rings is 1. The number of benzene rings is 5. The van der Waals surface area contributed by atoms with Gasteiger partial charge in [0.1, 0.15) is 5.71 Å². The molecule has 0 amide bonds. The number of allylic oxidation sites excluding steroid dienone is 4. The number of aromatic nitrogens is 1. The number of anilines is 1. The highest BCUT2D eigenvalue weighted by molar-refractivity contribution is 6.52. The maximum absolute atomic E-state index is 8.86. The Labute approximate surface area is 238 Å². The second kappa shape index (κ2) is 10.5. The molecule has 5 aromatic carbocycles. The molecule has 194 valence electrons. The zero-order chi connectivity index (χ0) is 27.6. The minimum absolute atomic E-state index is 0.362. The van der Waals surface area contributed by atoms with Crippen molar-refractivity contribution < 1.29 is 0 Å². The first kappa shape index (κ1) is 24.4. The summed E-state index contributed by atoms with van der Waals surface area (Å²) in [5.74, 6) is 0. The van der Waals surface area contributed by atoms with E-state index in [9.17, 15) is 0 Å². The van der Waals surface area contributed by atoms with Gasteiger partial charge >= 0.3 is 0 Å². The van der Waals surface area contributed by atoms with E-state index < -0.39 is 0 Å². The lowest BCUT2D eigenvalue weighted by atomic mass is 9.84. The zero-order valence-electron chi connectivity index (χ0n) is 22.3. The normalized spacial score (nSPS) is 14.0. The molecule has 0 unspecified atom stereocenters. The topological polar surface area (TPSA) is 61.1 Å². The molecule has 0 atom stereocenters. The third kappa shape index (κ3) is 4.62. The summed E-state index contributed by atoms with van der Waals surface area (Å²) in [7, 11) is 0. The molecule has 7 rings (SSSR count). The van der Waals surface area contributed by atoms with Crippen LogP contribution >= 0.6 is 0 Å². The molecule has 1 aliphatic rings. The van der Waals surface area contributed by atoms with Gasteiger partial charge in [-0.25, -0.2) is 0 Å². The van der Waals surface area contributed by atoms with Crippen LogP contribution in [0.5, 0.6) is 0 Å². The summed E-state index contributed by atoms with van der Waals surface area (Å²) in [5, 5.41) is 18.2. The fourth-order valence-electron chi connectivity index (χ4n) is 5.58. The Morgan fingerprint density at radius 3 is 1.83 bits per heavy atom. The minimum atomic E-state index is 0.362. The smallest absolute Gasteiger partial charge is 0.108 e. The van der Waals surface area contributed by atoms with Crippen molar-refractivity contribution in [2.24, 2.45) is 5.10 Å². The lowest BCUT2D eigenvalue weighted by Crippen LogP contribution is -2.13. The SMILES string of the molecule is N=C1C=C(c2c3ccccc3c(-c3ccccc3)c3ccccc23)C=C/C1=N/Nc1cccc(-c2ccncc2)c1. The van der Waals surface area contributed by atoms with E-state index in [1.54, 1.807) is 12.4 Å². The predicted molar refractivity (Wildman–Crippen MR) is 172 cm³/mol. The Balaban J connectivity index is 1.27. The van der Waals surface area contributed by atoms with Crippen LogP contribution in [0.4, 0.5) is 5.69 Å². The second-order valence-electron chi connectivity index (χ2n) is 9.98. The van der Waals surface area contributed by atoms with Crippen LogP contribution in [0.1, 0.15) is 5.56 Å². The van der Waals surface area contributed by atoms with Crippen molar-refractivity contribution in [2.75, 3.05) is 5.43 Å². The molecule has 1 aromatic heterocycles. The summed E-state index contributed by atoms with van der Waals surface area (Å²) >= 11 is 0. The van der Waals surface area contributed by atoms with Gasteiger partial charge in [-0.3, -0.25) is 15.8 Å². The Kier molecular flexibility index (Phi) is 6.26. The molecular formula is C37H26N4. The van der Waals surface area contributed by atoms with Crippen LogP contribution in [0.2, 0.25) is 0 Å². The quantitative estimate of drug-likeness (QED) is 0.134. The molecule has 0 saturated heterocycles. The molecule has 4 heteroatoms. The van der Waals surface area contributed by atoms with Crippen molar-refractivity contribution in [3.63, 3.8) is 0 Å². The molecule has 1 heterocycles. The molecular weight excluding hydrogens is 500 g/mol. The van der Waals surface area contributed by atoms with E-state index in [2.05, 4.69) is 107 Å². The predicted octanol–water partition coefficient (Wildman–Crippen LogP) is 9.16. The van der Waals surface area contributed by atoms with Gasteiger partial charge in [0, 0.05) is 12.4 Å². The minimum Gasteiger partial charge on any atom is -0.299 e. The summed E-state index contributed by atoms with van der Waals surface area (Å²) in [4.78, 5) is 4.10. The van der Waals surface area contributed by atoms with Crippen LogP contribution in [0.25, 0.3) is 49.4 Å². The van der Waals surface area contributed by atoms with Crippen molar-refractivity contribution in [3.8, 4) is 22.3 Å². The third-order valence-corrected chi connectivity index (χ3v) is 7.46. The first-order chi connectivity index (χ1) is 20.3. The summed E-state index contributed by atoms with van der Waals surface area (Å²) in [6.07, 6.45) is 9.49. The average molecular weight is 527 g/mol. The Morgan fingerprint density at radius 1 is 0.561 bits per heavy atom. The highest BCUT2D eigenvalue weighted by atomic mass is 15.3. The highest BCUT2D eigenvalue weighted by Crippen LogP contribution is 2.42. The molecule has 41 heavy (non-hydrogen) atoms. The van der Waals surface area contributed by atoms with Gasteiger partial charge in [0.25, 0.3) is 0 Å². The molecule has 0 bridgehead atoms. The van der Waals surface area contributed by atoms with Crippen LogP contribution in [0.3, 0.4) is 0 Å². The zero-order valence-corrected chi connectivity index (χ0v) is 22.3. The first-order valence-electron chi connectivity index (χ1n) is 13.6. The van der Waals surface area contributed by atoms with E-state index in [1.807, 2.05) is 42.5 Å². The van der Waals surface area contributed by atoms with Gasteiger partial charge in [-0.15, -0.1) is 0 Å². The monoisotopic (exact) mass is 526 g/mol. The number of nitrogens with zero attached hydrogens (tertiary/aromatic N) is 2. The van der Waals surface area contributed by atoms with Crippen LogP contribution in [0.15, 0.2) is 151 Å². The molecule has 0 radical (unpaired) electrons. The van der Waals surface area contributed by atoms with E-state index in [1.165, 1.54) is 32.7 Å². The molecule has 0 spiro atoms. The van der Waals surface area contributed by atoms with E-state index in [-0.39, 0.29) is 0 Å². The summed E-state index contributed by atoms with van der Waals surface area (Å²) in [6.45, 7) is 0. The van der Waals surface area contributed by atoms with Crippen LogP contribution in [-0.4, -0.2) is 16.4 Å². The third-order valence-electron chi connectivity index (χ3n) is 7.46. The fourth-order valence-corrected chi connectivity index (χ4v) is 5.58. The second-order valence-corrected chi connectivity index (χ2v) is 9.98. The number of fused-ring (bicyclic) bond motifs is 2. The van der Waals surface area contributed by atoms with Crippen molar-refractivity contribution in [1.29, 1.82) is 5.41 Å². The van der Waals surface area contributed by atoms with Crippen LogP contribution in [0, 0.1) is 5.41 Å². The number of rotatable bonds is 5. The van der Waals surface area contributed by atoms with Gasteiger partial charge in [0.15, 0.2) is 0 Å². The summed E-state index contributed by atoms with van der Waals surface area (Å²) in [6, 6.07) is 39.7. The van der Waals surface area contributed by atoms with Gasteiger partial charge in [0.05, 0.1) is 11.4 Å². The van der Waals surface area contributed by atoms with Crippen molar-refractivity contribution in [2.45, 2.75) is 0 Å². The van der Waals surface area contributed by atoms with Gasteiger partial charge in [-0.05, 0) is 91.4 Å². The van der Waals surface area contributed by atoms with Gasteiger partial charge in [-0.1, -0.05) is 97.1 Å². The summed E-state index contributed by atoms with van der Waals surface area (Å²) < 4.78 is 0. The van der Waals surface area contributed by atoms with E-state index in [0.717, 1.165) is 28.0 Å². The van der Waals surface area contributed by atoms with Crippen LogP contribution in [-0.2, 0) is 0 Å². The fraction of sp³-hybridized carbons (Fsp3) is 0. The molecule has 2 N–H and O–H groups in total. The maximum atomic E-state index is 8.86.